The Morgan fingerprint density at radius 3 is 1.28 bits per heavy atom. The second kappa shape index (κ2) is 10.1. The molecule has 4 aliphatic rings. The number of rotatable bonds is 0. The minimum absolute atomic E-state index is 0.136. The van der Waals surface area contributed by atoms with Gasteiger partial charge in [-0.1, -0.05) is 67.5 Å². The van der Waals surface area contributed by atoms with E-state index in [2.05, 4.69) is 129 Å². The molecule has 4 aliphatic carbocycles. The molecular formula is C30H40HfSi. The van der Waals surface area contributed by atoms with Gasteiger partial charge in [0.1, 0.15) is 0 Å². The first-order chi connectivity index (χ1) is 14.6. The molecule has 0 spiro atoms. The third-order valence-corrected chi connectivity index (χ3v) is 7.18. The van der Waals surface area contributed by atoms with Crippen LogP contribution >= 0.6 is 0 Å². The molecular weight excluding hydrogens is 567 g/mol. The zero-order valence-electron chi connectivity index (χ0n) is 21.8. The van der Waals surface area contributed by atoms with Crippen LogP contribution in [0, 0.1) is 33.8 Å². The molecule has 2 heteroatoms. The van der Waals surface area contributed by atoms with E-state index >= 15 is 0 Å². The summed E-state index contributed by atoms with van der Waals surface area (Å²) in [6.45, 7) is 23.0. The summed E-state index contributed by atoms with van der Waals surface area (Å²) in [7, 11) is 0. The molecule has 4 rings (SSSR count). The van der Waals surface area contributed by atoms with Gasteiger partial charge in [0, 0.05) is 0 Å². The molecule has 2 unspecified atom stereocenters. The molecule has 0 saturated heterocycles. The van der Waals surface area contributed by atoms with E-state index in [1.165, 1.54) is 45.3 Å². The molecule has 0 nitrogen and oxygen atoms in total. The fourth-order valence-corrected chi connectivity index (χ4v) is 4.11. The van der Waals surface area contributed by atoms with Crippen molar-refractivity contribution in [3.05, 3.63) is 95.2 Å². The molecule has 0 amide bonds. The van der Waals surface area contributed by atoms with E-state index in [1.54, 1.807) is 0 Å². The molecule has 0 saturated carbocycles. The zero-order chi connectivity index (χ0) is 24.4. The Kier molecular flexibility index (Phi) is 8.60. The van der Waals surface area contributed by atoms with Gasteiger partial charge < -0.3 is 0 Å². The molecule has 2 atom stereocenters. The Bertz CT molecular complexity index is 912. The summed E-state index contributed by atoms with van der Waals surface area (Å²) in [4.78, 5) is 0. The fraction of sp³-hybridized carbons (Fsp3) is 0.467. The van der Waals surface area contributed by atoms with Gasteiger partial charge in [-0.05, 0) is 21.7 Å². The van der Waals surface area contributed by atoms with Gasteiger partial charge in [-0.25, -0.2) is 0 Å². The second-order valence-corrected chi connectivity index (χ2v) is 24.3. The van der Waals surface area contributed by atoms with Crippen molar-refractivity contribution in [3.8, 4) is 0 Å². The normalized spacial score (nSPS) is 27.1. The van der Waals surface area contributed by atoms with Crippen molar-refractivity contribution in [2.24, 2.45) is 21.7 Å². The van der Waals surface area contributed by atoms with Crippen LogP contribution in [0.2, 0.25) is 13.1 Å². The van der Waals surface area contributed by atoms with Crippen LogP contribution in [0.1, 0.15) is 55.4 Å². The van der Waals surface area contributed by atoms with Gasteiger partial charge in [0.15, 0.2) is 0 Å². The third kappa shape index (κ3) is 5.73. The number of fused-ring (bicyclic) bond motifs is 2. The van der Waals surface area contributed by atoms with Crippen molar-refractivity contribution in [2.75, 3.05) is 0 Å². The van der Waals surface area contributed by atoms with Crippen molar-refractivity contribution < 1.29 is 23.0 Å². The maximum atomic E-state index is 3.28. The summed E-state index contributed by atoms with van der Waals surface area (Å²) in [5, 5.41) is 0. The Morgan fingerprint density at radius 1 is 0.688 bits per heavy atom. The van der Waals surface area contributed by atoms with Gasteiger partial charge in [0.25, 0.3) is 0 Å². The van der Waals surface area contributed by atoms with Crippen LogP contribution in [-0.4, -0.2) is 5.49 Å². The number of allylic oxidation sites excluding steroid dienone is 16. The van der Waals surface area contributed by atoms with E-state index in [4.69, 9.17) is 0 Å². The average molecular weight is 607 g/mol. The van der Waals surface area contributed by atoms with E-state index in [-0.39, 0.29) is 27.2 Å². The first kappa shape index (κ1) is 27.3. The molecule has 0 aromatic heterocycles. The first-order valence-electron chi connectivity index (χ1n) is 11.6. The van der Waals surface area contributed by atoms with Crippen LogP contribution < -0.4 is 0 Å². The first-order valence-corrected chi connectivity index (χ1v) is 19.4. The molecule has 168 valence electrons. The quantitative estimate of drug-likeness (QED) is 0.192. The van der Waals surface area contributed by atoms with E-state index in [0.29, 0.717) is 0 Å². The Balaban J connectivity index is 0.000000195. The SMILES string of the molecule is CC(C)(C)C1(C)C=CC=C2[C-]=CC=C21.CC(C)(C)C1(C)C=CC=C2[C-]=CC=C21.C[Si](C)=[Hf+2]. The fourth-order valence-electron chi connectivity index (χ4n) is 4.11. The van der Waals surface area contributed by atoms with Gasteiger partial charge in [-0.15, -0.1) is 36.5 Å². The summed E-state index contributed by atoms with van der Waals surface area (Å²) < 4.78 is 0. The molecule has 0 aliphatic heterocycles. The van der Waals surface area contributed by atoms with Crippen LogP contribution in [-0.2, 0) is 23.0 Å². The minimum atomic E-state index is 0.136. The summed E-state index contributed by atoms with van der Waals surface area (Å²) in [5.74, 6) is 0. The van der Waals surface area contributed by atoms with E-state index in [1.807, 2.05) is 12.2 Å². The standard InChI is InChI=1S/2C14H17.C2H6Si.Hf/c2*1-13(2,3)14(4)10-6-8-11-7-5-9-12(11)14;1-3-2;/h2*5-6,8-10H,1-4H3;1-2H3;/q2*-1;;+2. The summed E-state index contributed by atoms with van der Waals surface area (Å²) in [5.41, 5.74) is 6.35. The van der Waals surface area contributed by atoms with Crippen LogP contribution in [0.25, 0.3) is 0 Å². The molecule has 32 heavy (non-hydrogen) atoms. The van der Waals surface area contributed by atoms with Crippen molar-refractivity contribution >= 4 is 5.49 Å². The summed E-state index contributed by atoms with van der Waals surface area (Å²) in [6, 6.07) is 0. The predicted octanol–water partition coefficient (Wildman–Crippen LogP) is 8.45. The molecule has 0 heterocycles. The van der Waals surface area contributed by atoms with Crippen LogP contribution in [0.5, 0.6) is 0 Å². The van der Waals surface area contributed by atoms with Gasteiger partial charge in [-0.3, -0.25) is 0 Å². The van der Waals surface area contributed by atoms with Gasteiger partial charge >= 0.3 is 41.6 Å². The molecule has 0 bridgehead atoms. The maximum absolute atomic E-state index is 3.28. The Labute approximate surface area is 212 Å². The second-order valence-electron chi connectivity index (χ2n) is 11.6. The Morgan fingerprint density at radius 2 is 1.00 bits per heavy atom. The average Bonchev–Trinajstić information content (AvgIpc) is 3.30. The van der Waals surface area contributed by atoms with Gasteiger partial charge in [0.05, 0.1) is 0 Å². The van der Waals surface area contributed by atoms with Crippen molar-refractivity contribution in [1.82, 2.24) is 0 Å². The zero-order valence-corrected chi connectivity index (χ0v) is 26.4. The molecule has 0 radical (unpaired) electrons. The predicted molar refractivity (Wildman–Crippen MR) is 139 cm³/mol. The monoisotopic (exact) mass is 608 g/mol. The van der Waals surface area contributed by atoms with Crippen LogP contribution in [0.15, 0.2) is 83.1 Å². The van der Waals surface area contributed by atoms with Crippen LogP contribution in [0.4, 0.5) is 0 Å². The van der Waals surface area contributed by atoms with Crippen LogP contribution in [0.3, 0.4) is 0 Å². The van der Waals surface area contributed by atoms with Crippen molar-refractivity contribution in [1.29, 1.82) is 0 Å². The summed E-state index contributed by atoms with van der Waals surface area (Å²) >= 11 is 1.45. The topological polar surface area (TPSA) is 0 Å². The molecule has 0 fully saturated rings. The molecule has 0 N–H and O–H groups in total. The van der Waals surface area contributed by atoms with E-state index < -0.39 is 0 Å². The van der Waals surface area contributed by atoms with Gasteiger partial charge in [0.2, 0.25) is 0 Å². The van der Waals surface area contributed by atoms with Crippen molar-refractivity contribution in [2.45, 2.75) is 68.5 Å². The number of hydrogen-bond acceptors (Lipinski definition) is 0. The number of hydrogen-bond donors (Lipinski definition) is 0. The van der Waals surface area contributed by atoms with Gasteiger partial charge in [-0.2, -0.15) is 46.6 Å². The Hall–Kier alpha value is -0.993. The van der Waals surface area contributed by atoms with E-state index in [0.717, 1.165) is 0 Å². The third-order valence-electron chi connectivity index (χ3n) is 7.18. The van der Waals surface area contributed by atoms with Crippen molar-refractivity contribution in [3.63, 3.8) is 0 Å². The van der Waals surface area contributed by atoms with E-state index in [9.17, 15) is 0 Å². The molecule has 0 aromatic carbocycles. The summed E-state index contributed by atoms with van der Waals surface area (Å²) in [6.07, 6.45) is 28.2. The molecule has 0 aromatic rings.